The minimum Gasteiger partial charge on any atom is -0.372 e. The molecular weight excluding hydrogens is 362 g/mol. The molecular formula is C23H31N5O. The highest BCUT2D eigenvalue weighted by atomic mass is 16.2. The number of hydrogen-bond donors (Lipinski definition) is 1. The van der Waals surface area contributed by atoms with Gasteiger partial charge in [-0.05, 0) is 69.2 Å². The zero-order valence-electron chi connectivity index (χ0n) is 18.5. The highest BCUT2D eigenvalue weighted by molar-refractivity contribution is 5.97. The topological polar surface area (TPSA) is 63.1 Å². The van der Waals surface area contributed by atoms with Crippen LogP contribution in [0.25, 0.3) is 16.7 Å². The van der Waals surface area contributed by atoms with Gasteiger partial charge < -0.3 is 10.2 Å². The van der Waals surface area contributed by atoms with E-state index in [1.165, 1.54) is 5.69 Å². The van der Waals surface area contributed by atoms with Gasteiger partial charge in [0.1, 0.15) is 11.0 Å². The Morgan fingerprint density at radius 1 is 1.00 bits per heavy atom. The molecule has 0 bridgehead atoms. The van der Waals surface area contributed by atoms with Crippen molar-refractivity contribution < 1.29 is 4.79 Å². The molecule has 6 nitrogen and oxygen atoms in total. The van der Waals surface area contributed by atoms with Crippen LogP contribution in [0.5, 0.6) is 0 Å². The van der Waals surface area contributed by atoms with Crippen LogP contribution in [0.4, 0.5) is 11.4 Å². The molecule has 3 rings (SSSR count). The first kappa shape index (κ1) is 20.8. The molecule has 2 aromatic carbocycles. The van der Waals surface area contributed by atoms with Crippen molar-refractivity contribution in [2.75, 3.05) is 23.3 Å². The Hall–Kier alpha value is -2.89. The van der Waals surface area contributed by atoms with Gasteiger partial charge in [-0.25, -0.2) is 0 Å². The number of aromatic nitrogens is 3. The number of carbonyl (C=O) groups excluding carboxylic acids is 1. The number of benzene rings is 2. The third kappa shape index (κ3) is 4.26. The lowest BCUT2D eigenvalue weighted by Gasteiger charge is -2.22. The number of rotatable bonds is 5. The van der Waals surface area contributed by atoms with E-state index in [0.29, 0.717) is 0 Å². The molecule has 1 amide bonds. The molecule has 0 aliphatic rings. The standard InChI is InChI=1S/C23H31N5O/c1-8-27(9-2)17-10-11-21(16(4)12-17)28-25-19-13-15(3)18(14-20(19)26-28)24-22(29)23(5,6)7/h10-14H,8-9H2,1-7H3,(H,24,29). The fourth-order valence-electron chi connectivity index (χ4n) is 3.27. The van der Waals surface area contributed by atoms with Crippen molar-refractivity contribution in [2.45, 2.75) is 48.5 Å². The first-order valence-corrected chi connectivity index (χ1v) is 10.2. The van der Waals surface area contributed by atoms with Gasteiger partial charge >= 0.3 is 0 Å². The molecule has 154 valence electrons. The van der Waals surface area contributed by atoms with Crippen LogP contribution in [-0.2, 0) is 4.79 Å². The van der Waals surface area contributed by atoms with Crippen molar-refractivity contribution in [1.82, 2.24) is 15.0 Å². The maximum absolute atomic E-state index is 12.4. The number of hydrogen-bond acceptors (Lipinski definition) is 4. The molecule has 1 heterocycles. The fourth-order valence-corrected chi connectivity index (χ4v) is 3.27. The van der Waals surface area contributed by atoms with Crippen LogP contribution >= 0.6 is 0 Å². The lowest BCUT2D eigenvalue weighted by Crippen LogP contribution is -2.27. The van der Waals surface area contributed by atoms with E-state index >= 15 is 0 Å². The van der Waals surface area contributed by atoms with E-state index < -0.39 is 5.41 Å². The zero-order chi connectivity index (χ0) is 21.3. The van der Waals surface area contributed by atoms with E-state index in [4.69, 9.17) is 0 Å². The zero-order valence-corrected chi connectivity index (χ0v) is 18.5. The fraction of sp³-hybridized carbons (Fsp3) is 0.435. The predicted octanol–water partition coefficient (Wildman–Crippen LogP) is 4.87. The van der Waals surface area contributed by atoms with E-state index in [0.717, 1.165) is 46.6 Å². The van der Waals surface area contributed by atoms with Gasteiger partial charge in [-0.15, -0.1) is 10.2 Å². The molecule has 1 N–H and O–H groups in total. The molecule has 29 heavy (non-hydrogen) atoms. The largest absolute Gasteiger partial charge is 0.372 e. The van der Waals surface area contributed by atoms with Crippen LogP contribution in [0, 0.1) is 19.3 Å². The van der Waals surface area contributed by atoms with Gasteiger partial charge in [-0.2, -0.15) is 4.80 Å². The summed E-state index contributed by atoms with van der Waals surface area (Å²) in [4.78, 5) is 16.4. The molecule has 0 saturated carbocycles. The maximum atomic E-state index is 12.4. The number of amides is 1. The summed E-state index contributed by atoms with van der Waals surface area (Å²) in [6.45, 7) is 16.0. The van der Waals surface area contributed by atoms with Gasteiger partial charge in [0.15, 0.2) is 0 Å². The van der Waals surface area contributed by atoms with Crippen LogP contribution in [0.2, 0.25) is 0 Å². The Morgan fingerprint density at radius 3 is 2.17 bits per heavy atom. The SMILES string of the molecule is CCN(CC)c1ccc(-n2nc3cc(C)c(NC(=O)C(C)(C)C)cc3n2)c(C)c1. The van der Waals surface area contributed by atoms with E-state index in [1.807, 2.05) is 39.8 Å². The Kier molecular flexibility index (Phi) is 5.64. The van der Waals surface area contributed by atoms with E-state index in [2.05, 4.69) is 59.4 Å². The summed E-state index contributed by atoms with van der Waals surface area (Å²) < 4.78 is 0. The highest BCUT2D eigenvalue weighted by Gasteiger charge is 2.22. The van der Waals surface area contributed by atoms with Crippen molar-refractivity contribution in [3.63, 3.8) is 0 Å². The third-order valence-electron chi connectivity index (χ3n) is 5.18. The van der Waals surface area contributed by atoms with Gasteiger partial charge in [0.2, 0.25) is 5.91 Å². The van der Waals surface area contributed by atoms with Crippen LogP contribution in [-0.4, -0.2) is 34.0 Å². The Balaban J connectivity index is 1.97. The van der Waals surface area contributed by atoms with E-state index in [-0.39, 0.29) is 5.91 Å². The minimum absolute atomic E-state index is 0.0184. The number of nitrogens with zero attached hydrogens (tertiary/aromatic N) is 4. The van der Waals surface area contributed by atoms with Gasteiger partial charge in [0, 0.05) is 29.9 Å². The molecule has 0 radical (unpaired) electrons. The van der Waals surface area contributed by atoms with Crippen molar-refractivity contribution >= 4 is 28.3 Å². The quantitative estimate of drug-likeness (QED) is 0.672. The first-order chi connectivity index (χ1) is 13.6. The molecule has 0 aliphatic heterocycles. The molecule has 1 aromatic heterocycles. The number of carbonyl (C=O) groups is 1. The van der Waals surface area contributed by atoms with Gasteiger partial charge in [0.25, 0.3) is 0 Å². The molecule has 0 unspecified atom stereocenters. The lowest BCUT2D eigenvalue weighted by atomic mass is 9.95. The number of nitrogens with one attached hydrogen (secondary N) is 1. The van der Waals surface area contributed by atoms with Gasteiger partial charge in [-0.3, -0.25) is 4.79 Å². The molecule has 6 heteroatoms. The number of aryl methyl sites for hydroxylation is 2. The summed E-state index contributed by atoms with van der Waals surface area (Å²) >= 11 is 0. The van der Waals surface area contributed by atoms with E-state index in [1.54, 1.807) is 4.80 Å². The van der Waals surface area contributed by atoms with Crippen molar-refractivity contribution in [1.29, 1.82) is 0 Å². The van der Waals surface area contributed by atoms with Crippen LogP contribution in [0.15, 0.2) is 30.3 Å². The molecule has 0 fully saturated rings. The average Bonchev–Trinajstić information content (AvgIpc) is 3.04. The number of anilines is 2. The van der Waals surface area contributed by atoms with Crippen LogP contribution in [0.3, 0.4) is 0 Å². The Labute approximate surface area is 172 Å². The van der Waals surface area contributed by atoms with Crippen molar-refractivity contribution in [3.05, 3.63) is 41.5 Å². The smallest absolute Gasteiger partial charge is 0.229 e. The summed E-state index contributed by atoms with van der Waals surface area (Å²) in [5.74, 6) is -0.0184. The number of fused-ring (bicyclic) bond motifs is 1. The Morgan fingerprint density at radius 2 is 1.62 bits per heavy atom. The normalized spacial score (nSPS) is 11.7. The summed E-state index contributed by atoms with van der Waals surface area (Å²) in [6.07, 6.45) is 0. The van der Waals surface area contributed by atoms with Crippen molar-refractivity contribution in [3.8, 4) is 5.69 Å². The van der Waals surface area contributed by atoms with Crippen LogP contribution < -0.4 is 10.2 Å². The highest BCUT2D eigenvalue weighted by Crippen LogP contribution is 2.26. The predicted molar refractivity (Wildman–Crippen MR) is 120 cm³/mol. The maximum Gasteiger partial charge on any atom is 0.229 e. The summed E-state index contributed by atoms with van der Waals surface area (Å²) in [6, 6.07) is 10.2. The monoisotopic (exact) mass is 393 g/mol. The second-order valence-electron chi connectivity index (χ2n) is 8.49. The summed E-state index contributed by atoms with van der Waals surface area (Å²) in [5, 5.41) is 12.4. The second kappa shape index (κ2) is 7.85. The average molecular weight is 394 g/mol. The molecule has 0 atom stereocenters. The second-order valence-corrected chi connectivity index (χ2v) is 8.49. The van der Waals surface area contributed by atoms with Gasteiger partial charge in [0.05, 0.1) is 5.69 Å². The minimum atomic E-state index is -0.456. The van der Waals surface area contributed by atoms with Crippen LogP contribution in [0.1, 0.15) is 45.7 Å². The summed E-state index contributed by atoms with van der Waals surface area (Å²) in [7, 11) is 0. The Bertz CT molecular complexity index is 1040. The molecule has 0 aliphatic carbocycles. The van der Waals surface area contributed by atoms with Gasteiger partial charge in [-0.1, -0.05) is 20.8 Å². The molecule has 0 saturated heterocycles. The molecule has 3 aromatic rings. The molecule has 0 spiro atoms. The lowest BCUT2D eigenvalue weighted by molar-refractivity contribution is -0.123. The first-order valence-electron chi connectivity index (χ1n) is 10.2. The van der Waals surface area contributed by atoms with Crippen molar-refractivity contribution in [2.24, 2.45) is 5.41 Å². The van der Waals surface area contributed by atoms with E-state index in [9.17, 15) is 4.79 Å². The third-order valence-corrected chi connectivity index (χ3v) is 5.18. The summed E-state index contributed by atoms with van der Waals surface area (Å²) in [5.41, 5.74) is 6.13.